The van der Waals surface area contributed by atoms with Crippen LogP contribution in [0.15, 0.2) is 36.8 Å². The minimum Gasteiger partial charge on any atom is -0.380 e. The molecule has 0 atom stereocenters. The number of hydrogen-bond acceptors (Lipinski definition) is 6. The van der Waals surface area contributed by atoms with E-state index in [0.717, 1.165) is 47.0 Å². The first-order chi connectivity index (χ1) is 17.0. The number of nitrogens with one attached hydrogen (secondary N) is 1. The lowest BCUT2D eigenvalue weighted by Gasteiger charge is -2.47. The fourth-order valence-electron chi connectivity index (χ4n) is 4.63. The summed E-state index contributed by atoms with van der Waals surface area (Å²) in [6, 6.07) is 5.59. The lowest BCUT2D eigenvalue weighted by atomic mass is 9.78. The second-order valence-corrected chi connectivity index (χ2v) is 9.76. The van der Waals surface area contributed by atoms with Crippen molar-refractivity contribution in [2.45, 2.75) is 32.6 Å². The zero-order valence-electron chi connectivity index (χ0n) is 19.5. The minimum absolute atomic E-state index is 0.0162. The number of aromatic nitrogens is 3. The van der Waals surface area contributed by atoms with Gasteiger partial charge in [0.05, 0.1) is 30.7 Å². The first-order valence-corrected chi connectivity index (χ1v) is 11.9. The van der Waals surface area contributed by atoms with E-state index < -0.39 is 0 Å². The standard InChI is InChI=1S/C27H25N5O3/c1-17-23-13-30-24(31-26(34)18-2-3-18)10-22(23)19(11-28-17)4-5-20-6-7-21(12-29-20)32-14-27(15-35-16-27)9-8-25(32)33/h6-7,10-13,18H,2-3,8-9,14-16H2,1H3,(H,30,31,34). The summed E-state index contributed by atoms with van der Waals surface area (Å²) < 4.78 is 5.40. The summed E-state index contributed by atoms with van der Waals surface area (Å²) in [5.41, 5.74) is 3.07. The number of pyridine rings is 3. The highest BCUT2D eigenvalue weighted by Crippen LogP contribution is 2.39. The smallest absolute Gasteiger partial charge is 0.228 e. The van der Waals surface area contributed by atoms with Gasteiger partial charge < -0.3 is 15.0 Å². The number of nitrogens with zero attached hydrogens (tertiary/aromatic N) is 4. The van der Waals surface area contributed by atoms with Gasteiger partial charge in [0.25, 0.3) is 0 Å². The Kier molecular flexibility index (Phi) is 5.23. The Morgan fingerprint density at radius 2 is 1.97 bits per heavy atom. The third-order valence-electron chi connectivity index (χ3n) is 7.04. The highest BCUT2D eigenvalue weighted by atomic mass is 16.5. The van der Waals surface area contributed by atoms with E-state index in [1.165, 1.54) is 0 Å². The number of fused-ring (bicyclic) bond motifs is 1. The van der Waals surface area contributed by atoms with Crippen LogP contribution >= 0.6 is 0 Å². The molecule has 8 nitrogen and oxygen atoms in total. The van der Waals surface area contributed by atoms with Crippen LogP contribution in [0.25, 0.3) is 10.8 Å². The van der Waals surface area contributed by atoms with Gasteiger partial charge in [0, 0.05) is 53.2 Å². The number of carbonyl (C=O) groups excluding carboxylic acids is 2. The average molecular weight is 468 g/mol. The van der Waals surface area contributed by atoms with Crippen molar-refractivity contribution in [1.82, 2.24) is 15.0 Å². The lowest BCUT2D eigenvalue weighted by Crippen LogP contribution is -2.56. The molecular weight excluding hydrogens is 442 g/mol. The zero-order valence-corrected chi connectivity index (χ0v) is 19.5. The molecule has 0 radical (unpaired) electrons. The average Bonchev–Trinajstić information content (AvgIpc) is 3.69. The molecule has 176 valence electrons. The second-order valence-electron chi connectivity index (χ2n) is 9.76. The molecule has 3 aromatic heterocycles. The molecule has 1 saturated carbocycles. The minimum atomic E-state index is 0.0162. The van der Waals surface area contributed by atoms with Crippen molar-refractivity contribution in [3.05, 3.63) is 53.7 Å². The van der Waals surface area contributed by atoms with Gasteiger partial charge in [-0.05, 0) is 50.3 Å². The molecule has 0 bridgehead atoms. The van der Waals surface area contributed by atoms with Gasteiger partial charge in [0.15, 0.2) is 0 Å². The predicted molar refractivity (Wildman–Crippen MR) is 131 cm³/mol. The maximum absolute atomic E-state index is 12.5. The summed E-state index contributed by atoms with van der Waals surface area (Å²) in [6.07, 6.45) is 8.47. The van der Waals surface area contributed by atoms with Crippen LogP contribution in [0, 0.1) is 30.1 Å². The van der Waals surface area contributed by atoms with Gasteiger partial charge in [-0.2, -0.15) is 0 Å². The number of hydrogen-bond donors (Lipinski definition) is 1. The molecule has 1 N–H and O–H groups in total. The summed E-state index contributed by atoms with van der Waals surface area (Å²) in [4.78, 5) is 39.8. The third kappa shape index (κ3) is 4.24. The molecule has 3 aliphatic rings. The molecule has 6 rings (SSSR count). The Morgan fingerprint density at radius 3 is 2.69 bits per heavy atom. The number of piperidine rings is 1. The number of aryl methyl sites for hydroxylation is 1. The first-order valence-electron chi connectivity index (χ1n) is 11.9. The molecule has 8 heteroatoms. The van der Waals surface area contributed by atoms with E-state index in [-0.39, 0.29) is 23.1 Å². The summed E-state index contributed by atoms with van der Waals surface area (Å²) in [5, 5.41) is 4.68. The Bertz CT molecular complexity index is 1400. The number of anilines is 2. The van der Waals surface area contributed by atoms with Gasteiger partial charge in [-0.25, -0.2) is 9.97 Å². The second kappa shape index (κ2) is 8.43. The van der Waals surface area contributed by atoms with Crippen molar-refractivity contribution in [1.29, 1.82) is 0 Å². The van der Waals surface area contributed by atoms with Gasteiger partial charge in [-0.15, -0.1) is 0 Å². The van der Waals surface area contributed by atoms with Crippen LogP contribution in [0.3, 0.4) is 0 Å². The Hall–Kier alpha value is -3.83. The molecular formula is C27H25N5O3. The van der Waals surface area contributed by atoms with Crippen molar-refractivity contribution < 1.29 is 14.3 Å². The number of amides is 2. The largest absolute Gasteiger partial charge is 0.380 e. The van der Waals surface area contributed by atoms with Gasteiger partial charge in [-0.3, -0.25) is 14.6 Å². The first kappa shape index (κ1) is 21.7. The van der Waals surface area contributed by atoms with E-state index in [2.05, 4.69) is 32.1 Å². The SMILES string of the molecule is Cc1ncc(C#Cc2ccc(N3CC4(CCC3=O)COC4)cn2)c2cc(NC(=O)C3CC3)ncc12. The zero-order chi connectivity index (χ0) is 24.0. The van der Waals surface area contributed by atoms with Gasteiger partial charge in [0.2, 0.25) is 11.8 Å². The summed E-state index contributed by atoms with van der Waals surface area (Å²) in [7, 11) is 0. The normalized spacial score (nSPS) is 18.7. The highest BCUT2D eigenvalue weighted by molar-refractivity contribution is 5.97. The highest BCUT2D eigenvalue weighted by Gasteiger charge is 2.45. The molecule has 3 fully saturated rings. The van der Waals surface area contributed by atoms with E-state index in [9.17, 15) is 9.59 Å². The van der Waals surface area contributed by atoms with Crippen molar-refractivity contribution in [3.63, 3.8) is 0 Å². The fourth-order valence-corrected chi connectivity index (χ4v) is 4.63. The predicted octanol–water partition coefficient (Wildman–Crippen LogP) is 3.22. The van der Waals surface area contributed by atoms with Gasteiger partial charge in [0.1, 0.15) is 11.5 Å². The van der Waals surface area contributed by atoms with Crippen molar-refractivity contribution in [3.8, 4) is 11.8 Å². The van der Waals surface area contributed by atoms with Crippen molar-refractivity contribution in [2.24, 2.45) is 11.3 Å². The van der Waals surface area contributed by atoms with E-state index >= 15 is 0 Å². The molecule has 0 unspecified atom stereocenters. The van der Waals surface area contributed by atoms with Gasteiger partial charge in [-0.1, -0.05) is 5.92 Å². The summed E-state index contributed by atoms with van der Waals surface area (Å²) >= 11 is 0. The van der Waals surface area contributed by atoms with Crippen LogP contribution in [0.5, 0.6) is 0 Å². The van der Waals surface area contributed by atoms with Crippen LogP contribution in [0.1, 0.15) is 42.6 Å². The van der Waals surface area contributed by atoms with Crippen LogP contribution in [-0.4, -0.2) is 46.5 Å². The van der Waals surface area contributed by atoms with Gasteiger partial charge >= 0.3 is 0 Å². The number of ether oxygens (including phenoxy) is 1. The molecule has 1 aliphatic carbocycles. The fraction of sp³-hybridized carbons (Fsp3) is 0.370. The van der Waals surface area contributed by atoms with E-state index in [0.29, 0.717) is 37.7 Å². The Balaban J connectivity index is 1.25. The summed E-state index contributed by atoms with van der Waals surface area (Å²) in [5.74, 6) is 7.05. The van der Waals surface area contributed by atoms with Crippen LogP contribution < -0.4 is 10.2 Å². The van der Waals surface area contributed by atoms with Crippen LogP contribution in [0.4, 0.5) is 11.5 Å². The van der Waals surface area contributed by atoms with E-state index in [4.69, 9.17) is 4.74 Å². The van der Waals surface area contributed by atoms with Crippen molar-refractivity contribution >= 4 is 34.1 Å². The Morgan fingerprint density at radius 1 is 1.11 bits per heavy atom. The maximum atomic E-state index is 12.5. The molecule has 3 aromatic rings. The number of carbonyl (C=O) groups is 2. The molecule has 1 spiro atoms. The molecule has 35 heavy (non-hydrogen) atoms. The molecule has 2 saturated heterocycles. The van der Waals surface area contributed by atoms with Crippen LogP contribution in [-0.2, 0) is 14.3 Å². The monoisotopic (exact) mass is 467 g/mol. The Labute approximate surface area is 203 Å². The molecule has 2 aliphatic heterocycles. The topological polar surface area (TPSA) is 97.3 Å². The molecule has 2 amide bonds. The lowest BCUT2D eigenvalue weighted by molar-refractivity contribution is -0.138. The molecule has 0 aromatic carbocycles. The quantitative estimate of drug-likeness (QED) is 0.594. The van der Waals surface area contributed by atoms with Crippen LogP contribution in [0.2, 0.25) is 0 Å². The molecule has 5 heterocycles. The van der Waals surface area contributed by atoms with Crippen molar-refractivity contribution in [2.75, 3.05) is 30.0 Å². The number of rotatable bonds is 3. The summed E-state index contributed by atoms with van der Waals surface area (Å²) in [6.45, 7) is 4.03. The van der Waals surface area contributed by atoms with E-state index in [1.807, 2.05) is 30.0 Å². The maximum Gasteiger partial charge on any atom is 0.228 e. The van der Waals surface area contributed by atoms with E-state index in [1.54, 1.807) is 18.6 Å². The third-order valence-corrected chi connectivity index (χ3v) is 7.04.